The summed E-state index contributed by atoms with van der Waals surface area (Å²) in [6.07, 6.45) is -3.05. The van der Waals surface area contributed by atoms with Gasteiger partial charge in [-0.05, 0) is 18.6 Å². The minimum Gasteiger partial charge on any atom is -0.353 e. The first-order valence-corrected chi connectivity index (χ1v) is 5.86. The Morgan fingerprint density at radius 1 is 1.42 bits per heavy atom. The van der Waals surface area contributed by atoms with Crippen molar-refractivity contribution in [1.29, 1.82) is 0 Å². The maximum Gasteiger partial charge on any atom is 0.393 e. The number of rotatable bonds is 1. The molecule has 0 saturated carbocycles. The minimum absolute atomic E-state index is 0. The second-order valence-corrected chi connectivity index (χ2v) is 5.30. The molecule has 0 bridgehead atoms. The maximum absolute atomic E-state index is 12.8. The fourth-order valence-corrected chi connectivity index (χ4v) is 2.45. The molecule has 0 amide bonds. The van der Waals surface area contributed by atoms with Gasteiger partial charge in [-0.3, -0.25) is 0 Å². The van der Waals surface area contributed by atoms with Crippen LogP contribution in [-0.2, 0) is 0 Å². The van der Waals surface area contributed by atoms with Crippen LogP contribution in [0.3, 0.4) is 0 Å². The Balaban J connectivity index is 0.00000180. The van der Waals surface area contributed by atoms with Gasteiger partial charge in [-0.2, -0.15) is 13.2 Å². The molecule has 2 unspecified atom stereocenters. The van der Waals surface area contributed by atoms with Crippen molar-refractivity contribution in [2.24, 2.45) is 11.7 Å². The molecule has 0 radical (unpaired) electrons. The lowest BCUT2D eigenvalue weighted by molar-refractivity contribution is -0.178. The molecule has 0 aliphatic carbocycles. The van der Waals surface area contributed by atoms with Crippen LogP contribution in [0.15, 0.2) is 24.4 Å². The Morgan fingerprint density at radius 3 is 2.63 bits per heavy atom. The summed E-state index contributed by atoms with van der Waals surface area (Å²) in [4.78, 5) is 4.13. The molecule has 108 valence electrons. The van der Waals surface area contributed by atoms with Crippen LogP contribution in [-0.4, -0.2) is 29.2 Å². The van der Waals surface area contributed by atoms with Crippen LogP contribution in [0.5, 0.6) is 0 Å². The summed E-state index contributed by atoms with van der Waals surface area (Å²) in [5.41, 5.74) is 5.69. The van der Waals surface area contributed by atoms with Crippen LogP contribution >= 0.6 is 24.0 Å². The third kappa shape index (κ3) is 4.12. The van der Waals surface area contributed by atoms with Gasteiger partial charge in [-0.1, -0.05) is 6.07 Å². The highest BCUT2D eigenvalue weighted by Gasteiger charge is 2.48. The lowest BCUT2D eigenvalue weighted by atomic mass is 9.93. The highest BCUT2D eigenvalue weighted by Crippen LogP contribution is 2.38. The molecule has 19 heavy (non-hydrogen) atoms. The predicted octanol–water partition coefficient (Wildman–Crippen LogP) is 2.79. The van der Waals surface area contributed by atoms with Gasteiger partial charge in [-0.25, -0.2) is 4.98 Å². The van der Waals surface area contributed by atoms with Crippen molar-refractivity contribution < 1.29 is 13.2 Å². The lowest BCUT2D eigenvalue weighted by Crippen LogP contribution is -2.56. The molecule has 1 aliphatic rings. The number of hydrogen-bond donors (Lipinski definition) is 1. The first kappa shape index (κ1) is 16.3. The normalized spacial score (nSPS) is 27.8. The SMILES string of the molecule is Cl.NC1(Cl)CC(C(F)(F)F)CN(c2ccccn2)C1. The first-order chi connectivity index (χ1) is 8.28. The molecule has 2 N–H and O–H groups in total. The summed E-state index contributed by atoms with van der Waals surface area (Å²) < 4.78 is 38.4. The van der Waals surface area contributed by atoms with Gasteiger partial charge in [-0.15, -0.1) is 24.0 Å². The number of pyridine rings is 1. The Bertz CT molecular complexity index is 411. The number of anilines is 1. The monoisotopic (exact) mass is 315 g/mol. The third-order valence-corrected chi connectivity index (χ3v) is 3.19. The van der Waals surface area contributed by atoms with Crippen molar-refractivity contribution in [2.45, 2.75) is 17.6 Å². The molecule has 1 aromatic rings. The smallest absolute Gasteiger partial charge is 0.353 e. The standard InChI is InChI=1S/C11H13ClF3N3.ClH/c12-10(16)5-8(11(13,14)15)6-18(7-10)9-3-1-2-4-17-9;/h1-4,8H,5-7,16H2;1H. The Morgan fingerprint density at radius 2 is 2.11 bits per heavy atom. The topological polar surface area (TPSA) is 42.1 Å². The summed E-state index contributed by atoms with van der Waals surface area (Å²) in [5, 5.41) is 0. The molecule has 1 saturated heterocycles. The van der Waals surface area contributed by atoms with E-state index in [0.717, 1.165) is 0 Å². The molecule has 2 atom stereocenters. The Hall–Kier alpha value is -0.720. The van der Waals surface area contributed by atoms with Crippen molar-refractivity contribution in [2.75, 3.05) is 18.0 Å². The molecule has 8 heteroatoms. The van der Waals surface area contributed by atoms with Gasteiger partial charge in [0.25, 0.3) is 0 Å². The number of halogens is 5. The van der Waals surface area contributed by atoms with E-state index in [1.165, 1.54) is 11.1 Å². The number of alkyl halides is 4. The number of nitrogens with two attached hydrogens (primary N) is 1. The molecular formula is C11H14Cl2F3N3. The zero-order valence-corrected chi connectivity index (χ0v) is 11.5. The average molecular weight is 316 g/mol. The van der Waals surface area contributed by atoms with Gasteiger partial charge in [0.1, 0.15) is 10.8 Å². The fraction of sp³-hybridized carbons (Fsp3) is 0.545. The van der Waals surface area contributed by atoms with E-state index in [9.17, 15) is 13.2 Å². The molecule has 0 spiro atoms. The van der Waals surface area contributed by atoms with Crippen LogP contribution in [0.25, 0.3) is 0 Å². The third-order valence-electron chi connectivity index (χ3n) is 2.92. The van der Waals surface area contributed by atoms with Gasteiger partial charge >= 0.3 is 6.18 Å². The van der Waals surface area contributed by atoms with Gasteiger partial charge in [0, 0.05) is 12.7 Å². The molecule has 1 aliphatic heterocycles. The zero-order valence-electron chi connectivity index (χ0n) is 9.90. The van der Waals surface area contributed by atoms with Gasteiger partial charge in [0.15, 0.2) is 0 Å². The van der Waals surface area contributed by atoms with Crippen molar-refractivity contribution in [3.05, 3.63) is 24.4 Å². The first-order valence-electron chi connectivity index (χ1n) is 5.48. The Kier molecular flexibility index (Phi) is 4.92. The summed E-state index contributed by atoms with van der Waals surface area (Å²) >= 11 is 5.93. The van der Waals surface area contributed by atoms with E-state index in [4.69, 9.17) is 17.3 Å². The van der Waals surface area contributed by atoms with Crippen molar-refractivity contribution in [3.63, 3.8) is 0 Å². The summed E-state index contributed by atoms with van der Waals surface area (Å²) in [5.74, 6) is -1.07. The molecule has 2 rings (SSSR count). The van der Waals surface area contributed by atoms with Crippen LogP contribution in [0, 0.1) is 5.92 Å². The highest BCUT2D eigenvalue weighted by atomic mass is 35.5. The highest BCUT2D eigenvalue weighted by molar-refractivity contribution is 6.23. The molecule has 2 heterocycles. The van der Waals surface area contributed by atoms with E-state index in [0.29, 0.717) is 5.82 Å². The van der Waals surface area contributed by atoms with E-state index in [1.54, 1.807) is 18.2 Å². The van der Waals surface area contributed by atoms with Gasteiger partial charge in [0.05, 0.1) is 12.5 Å². The number of nitrogens with zero attached hydrogens (tertiary/aromatic N) is 2. The number of aromatic nitrogens is 1. The largest absolute Gasteiger partial charge is 0.393 e. The summed E-state index contributed by atoms with van der Waals surface area (Å²) in [7, 11) is 0. The molecular weight excluding hydrogens is 302 g/mol. The zero-order chi connectivity index (χ0) is 13.4. The van der Waals surface area contributed by atoms with E-state index < -0.39 is 17.1 Å². The van der Waals surface area contributed by atoms with Gasteiger partial charge in [0.2, 0.25) is 0 Å². The van der Waals surface area contributed by atoms with E-state index in [2.05, 4.69) is 4.98 Å². The number of piperidine rings is 1. The van der Waals surface area contributed by atoms with Crippen molar-refractivity contribution in [1.82, 2.24) is 4.98 Å². The average Bonchev–Trinajstić information content (AvgIpc) is 2.27. The quantitative estimate of drug-likeness (QED) is 0.640. The van der Waals surface area contributed by atoms with Crippen molar-refractivity contribution >= 4 is 29.8 Å². The lowest BCUT2D eigenvalue weighted by Gasteiger charge is -2.41. The van der Waals surface area contributed by atoms with Gasteiger partial charge < -0.3 is 10.6 Å². The number of hydrogen-bond acceptors (Lipinski definition) is 3. The van der Waals surface area contributed by atoms with Crippen LogP contribution in [0.4, 0.5) is 19.0 Å². The van der Waals surface area contributed by atoms with Crippen molar-refractivity contribution in [3.8, 4) is 0 Å². The molecule has 3 nitrogen and oxygen atoms in total. The molecule has 1 aromatic heterocycles. The van der Waals surface area contributed by atoms with Crippen LogP contribution in [0.2, 0.25) is 0 Å². The van der Waals surface area contributed by atoms with Crippen LogP contribution in [0.1, 0.15) is 6.42 Å². The van der Waals surface area contributed by atoms with Crippen LogP contribution < -0.4 is 10.6 Å². The molecule has 0 aromatic carbocycles. The van der Waals surface area contributed by atoms with E-state index in [1.807, 2.05) is 0 Å². The van der Waals surface area contributed by atoms with E-state index in [-0.39, 0.29) is 31.9 Å². The summed E-state index contributed by atoms with van der Waals surface area (Å²) in [6.45, 7) is -0.00959. The predicted molar refractivity (Wildman–Crippen MR) is 70.6 cm³/mol. The second kappa shape index (κ2) is 5.73. The Labute approximate surface area is 120 Å². The molecule has 1 fully saturated rings. The minimum atomic E-state index is -4.30. The second-order valence-electron chi connectivity index (χ2n) is 4.55. The summed E-state index contributed by atoms with van der Waals surface area (Å²) in [6, 6.07) is 5.06. The fourth-order valence-electron chi connectivity index (χ4n) is 2.12. The van der Waals surface area contributed by atoms with E-state index >= 15 is 0 Å². The maximum atomic E-state index is 12.8.